The van der Waals surface area contributed by atoms with Gasteiger partial charge in [-0.25, -0.2) is 0 Å². The largest absolute Gasteiger partial charge is 0.493 e. The Hall–Kier alpha value is -1.27. The predicted octanol–water partition coefficient (Wildman–Crippen LogP) is 2.18. The molecular formula is C14H16BrNO4. The van der Waals surface area contributed by atoms with Crippen LogP contribution in [0.3, 0.4) is 0 Å². The minimum Gasteiger partial charge on any atom is -0.493 e. The number of carboxylic acids is 1. The summed E-state index contributed by atoms with van der Waals surface area (Å²) in [5.41, 5.74) is 8.32. The Bertz CT molecular complexity index is 536. The van der Waals surface area contributed by atoms with E-state index in [4.69, 9.17) is 15.2 Å². The van der Waals surface area contributed by atoms with Crippen molar-refractivity contribution in [1.29, 1.82) is 0 Å². The lowest BCUT2D eigenvalue weighted by Crippen LogP contribution is -2.27. The molecule has 6 heteroatoms. The molecule has 0 spiro atoms. The van der Waals surface area contributed by atoms with Crippen LogP contribution in [0.1, 0.15) is 35.6 Å². The standard InChI is InChI=1S/C14H16BrNO4/c15-10-8-4-2-5-19-12(8)9(11(16)14(17)18)7-3-1-6-20-13(7)10/h11H,1-6,16H2,(H,17,18). The highest BCUT2D eigenvalue weighted by Crippen LogP contribution is 2.47. The first-order chi connectivity index (χ1) is 9.61. The first-order valence-electron chi connectivity index (χ1n) is 6.72. The number of hydrogen-bond donors (Lipinski definition) is 2. The topological polar surface area (TPSA) is 81.8 Å². The first-order valence-corrected chi connectivity index (χ1v) is 7.51. The summed E-state index contributed by atoms with van der Waals surface area (Å²) in [6.45, 7) is 1.24. The molecule has 0 aliphatic carbocycles. The molecule has 3 N–H and O–H groups in total. The van der Waals surface area contributed by atoms with Gasteiger partial charge in [0.05, 0.1) is 17.7 Å². The Morgan fingerprint density at radius 3 is 2.40 bits per heavy atom. The number of ether oxygens (including phenoxy) is 2. The summed E-state index contributed by atoms with van der Waals surface area (Å²) in [4.78, 5) is 11.3. The fourth-order valence-electron chi connectivity index (χ4n) is 2.88. The lowest BCUT2D eigenvalue weighted by Gasteiger charge is -2.30. The Morgan fingerprint density at radius 2 is 1.75 bits per heavy atom. The van der Waals surface area contributed by atoms with Crippen molar-refractivity contribution >= 4 is 21.9 Å². The molecule has 0 bridgehead atoms. The highest BCUT2D eigenvalue weighted by atomic mass is 79.9. The summed E-state index contributed by atoms with van der Waals surface area (Å²) in [6.07, 6.45) is 3.37. The number of rotatable bonds is 2. The third-order valence-electron chi connectivity index (χ3n) is 3.79. The van der Waals surface area contributed by atoms with Crippen LogP contribution in [0.4, 0.5) is 0 Å². The molecule has 5 nitrogen and oxygen atoms in total. The van der Waals surface area contributed by atoms with Crippen molar-refractivity contribution in [2.75, 3.05) is 13.2 Å². The maximum Gasteiger partial charge on any atom is 0.325 e. The lowest BCUT2D eigenvalue weighted by molar-refractivity contribution is -0.138. The number of fused-ring (bicyclic) bond motifs is 2. The molecule has 1 atom stereocenters. The molecule has 0 saturated heterocycles. The van der Waals surface area contributed by atoms with E-state index in [1.807, 2.05) is 0 Å². The van der Waals surface area contributed by atoms with Crippen LogP contribution in [0.15, 0.2) is 4.47 Å². The molecular weight excluding hydrogens is 326 g/mol. The highest BCUT2D eigenvalue weighted by molar-refractivity contribution is 9.10. The predicted molar refractivity (Wildman–Crippen MR) is 76.3 cm³/mol. The van der Waals surface area contributed by atoms with Gasteiger partial charge in [-0.2, -0.15) is 0 Å². The van der Waals surface area contributed by atoms with E-state index in [9.17, 15) is 9.90 Å². The van der Waals surface area contributed by atoms with Gasteiger partial charge in [-0.05, 0) is 41.6 Å². The third kappa shape index (κ3) is 2.07. The second-order valence-corrected chi connectivity index (χ2v) is 5.86. The summed E-state index contributed by atoms with van der Waals surface area (Å²) in [5.74, 6) is 0.339. The maximum atomic E-state index is 11.3. The number of nitrogens with two attached hydrogens (primary N) is 1. The van der Waals surface area contributed by atoms with Crippen molar-refractivity contribution in [3.05, 3.63) is 21.2 Å². The average Bonchev–Trinajstić information content (AvgIpc) is 2.47. The van der Waals surface area contributed by atoms with Crippen molar-refractivity contribution < 1.29 is 19.4 Å². The van der Waals surface area contributed by atoms with Crippen LogP contribution >= 0.6 is 15.9 Å². The van der Waals surface area contributed by atoms with Gasteiger partial charge in [0.15, 0.2) is 0 Å². The molecule has 0 saturated carbocycles. The molecule has 1 aromatic carbocycles. The van der Waals surface area contributed by atoms with Gasteiger partial charge in [0.2, 0.25) is 0 Å². The summed E-state index contributed by atoms with van der Waals surface area (Å²) >= 11 is 3.58. The van der Waals surface area contributed by atoms with E-state index in [1.54, 1.807) is 0 Å². The van der Waals surface area contributed by atoms with Crippen molar-refractivity contribution in [2.24, 2.45) is 5.73 Å². The van der Waals surface area contributed by atoms with Gasteiger partial charge in [-0.1, -0.05) is 0 Å². The molecule has 3 rings (SSSR count). The van der Waals surface area contributed by atoms with E-state index < -0.39 is 12.0 Å². The molecule has 2 aliphatic heterocycles. The third-order valence-corrected chi connectivity index (χ3v) is 4.63. The fourth-order valence-corrected chi connectivity index (χ4v) is 3.61. The second-order valence-electron chi connectivity index (χ2n) is 5.06. The molecule has 0 fully saturated rings. The zero-order valence-electron chi connectivity index (χ0n) is 10.9. The lowest BCUT2D eigenvalue weighted by atomic mass is 9.89. The number of carbonyl (C=O) groups is 1. The average molecular weight is 342 g/mol. The molecule has 0 aromatic heterocycles. The molecule has 20 heavy (non-hydrogen) atoms. The van der Waals surface area contributed by atoms with Crippen LogP contribution in [0.2, 0.25) is 0 Å². The van der Waals surface area contributed by atoms with Crippen LogP contribution in [-0.2, 0) is 17.6 Å². The van der Waals surface area contributed by atoms with Gasteiger partial charge in [0, 0.05) is 16.7 Å². The van der Waals surface area contributed by atoms with Gasteiger partial charge in [-0.3, -0.25) is 4.79 Å². The Balaban J connectivity index is 2.27. The second kappa shape index (κ2) is 5.26. The molecule has 0 amide bonds. The van der Waals surface area contributed by atoms with Crippen molar-refractivity contribution in [2.45, 2.75) is 31.7 Å². The van der Waals surface area contributed by atoms with Crippen LogP contribution in [0.25, 0.3) is 0 Å². The highest BCUT2D eigenvalue weighted by Gasteiger charge is 2.33. The van der Waals surface area contributed by atoms with Gasteiger partial charge in [0.25, 0.3) is 0 Å². The molecule has 2 aliphatic rings. The van der Waals surface area contributed by atoms with Crippen molar-refractivity contribution in [3.63, 3.8) is 0 Å². The molecule has 2 heterocycles. The van der Waals surface area contributed by atoms with Gasteiger partial charge in [-0.15, -0.1) is 0 Å². The monoisotopic (exact) mass is 341 g/mol. The number of halogens is 1. The van der Waals surface area contributed by atoms with E-state index in [1.165, 1.54) is 0 Å². The Labute approximate surface area is 125 Å². The van der Waals surface area contributed by atoms with E-state index in [-0.39, 0.29) is 0 Å². The van der Waals surface area contributed by atoms with Crippen LogP contribution < -0.4 is 15.2 Å². The fraction of sp³-hybridized carbons (Fsp3) is 0.500. The summed E-state index contributed by atoms with van der Waals surface area (Å²) < 4.78 is 12.4. The summed E-state index contributed by atoms with van der Waals surface area (Å²) in [6, 6.07) is -1.08. The SMILES string of the molecule is NC(C(=O)O)c1c2c(c(Br)c3c1OCCC3)OCCC2. The minimum absolute atomic E-state index is 0.588. The molecule has 1 aromatic rings. The zero-order chi connectivity index (χ0) is 14.3. The van der Waals surface area contributed by atoms with Crippen LogP contribution in [-0.4, -0.2) is 24.3 Å². The van der Waals surface area contributed by atoms with E-state index in [0.29, 0.717) is 24.5 Å². The maximum absolute atomic E-state index is 11.3. The molecule has 108 valence electrons. The van der Waals surface area contributed by atoms with Gasteiger partial charge in [0.1, 0.15) is 17.5 Å². The number of hydrogen-bond acceptors (Lipinski definition) is 4. The quantitative estimate of drug-likeness (QED) is 0.861. The van der Waals surface area contributed by atoms with Crippen LogP contribution in [0.5, 0.6) is 11.5 Å². The van der Waals surface area contributed by atoms with E-state index in [0.717, 1.165) is 47.0 Å². The van der Waals surface area contributed by atoms with E-state index in [2.05, 4.69) is 15.9 Å². The summed E-state index contributed by atoms with van der Waals surface area (Å²) in [7, 11) is 0. The minimum atomic E-state index is -1.08. The number of carboxylic acid groups (broad SMARTS) is 1. The normalized spacial score (nSPS) is 18.3. The van der Waals surface area contributed by atoms with Crippen molar-refractivity contribution in [3.8, 4) is 11.5 Å². The smallest absolute Gasteiger partial charge is 0.325 e. The van der Waals surface area contributed by atoms with Gasteiger partial charge >= 0.3 is 5.97 Å². The molecule has 1 unspecified atom stereocenters. The van der Waals surface area contributed by atoms with Crippen molar-refractivity contribution in [1.82, 2.24) is 0 Å². The zero-order valence-corrected chi connectivity index (χ0v) is 12.5. The number of benzene rings is 1. The van der Waals surface area contributed by atoms with Gasteiger partial charge < -0.3 is 20.3 Å². The Morgan fingerprint density at radius 1 is 1.15 bits per heavy atom. The number of aliphatic carboxylic acids is 1. The molecule has 0 radical (unpaired) electrons. The Kier molecular flexibility index (Phi) is 3.60. The van der Waals surface area contributed by atoms with E-state index >= 15 is 0 Å². The first kappa shape index (κ1) is 13.7. The summed E-state index contributed by atoms with van der Waals surface area (Å²) in [5, 5.41) is 9.27. The van der Waals surface area contributed by atoms with Crippen LogP contribution in [0, 0.1) is 0 Å².